The molecule has 0 fully saturated rings. The molecule has 21 heavy (non-hydrogen) atoms. The Morgan fingerprint density at radius 3 is 2.38 bits per heavy atom. The molecule has 0 saturated heterocycles. The molecule has 0 bridgehead atoms. The van der Waals surface area contributed by atoms with E-state index in [1.54, 1.807) is 38.3 Å². The smallest absolute Gasteiger partial charge is 0.305 e. The molecule has 0 unspecified atom stereocenters. The maximum absolute atomic E-state index is 11.9. The van der Waals surface area contributed by atoms with Gasteiger partial charge in [-0.05, 0) is 37.6 Å². The van der Waals surface area contributed by atoms with Gasteiger partial charge in [-0.1, -0.05) is 0 Å². The van der Waals surface area contributed by atoms with Gasteiger partial charge in [0.05, 0.1) is 13.2 Å². The first-order chi connectivity index (χ1) is 10.2. The van der Waals surface area contributed by atoms with E-state index in [0.29, 0.717) is 44.0 Å². The average molecular weight is 294 g/mol. The van der Waals surface area contributed by atoms with E-state index in [-0.39, 0.29) is 18.2 Å². The Hall–Kier alpha value is -1.88. The maximum Gasteiger partial charge on any atom is 0.305 e. The largest absolute Gasteiger partial charge is 0.491 e. The molecule has 0 heterocycles. The highest BCUT2D eigenvalue weighted by Crippen LogP contribution is 2.14. The Morgan fingerprint density at radius 2 is 1.76 bits per heavy atom. The normalized spacial score (nSPS) is 10.2. The molecule has 1 aromatic rings. The lowest BCUT2D eigenvalue weighted by Gasteiger charge is -2.06. The van der Waals surface area contributed by atoms with Crippen molar-refractivity contribution in [2.24, 2.45) is 0 Å². The summed E-state index contributed by atoms with van der Waals surface area (Å²) in [7, 11) is 1.61. The highest BCUT2D eigenvalue weighted by atomic mass is 16.5. The van der Waals surface area contributed by atoms with Crippen LogP contribution in [0, 0.1) is 0 Å². The molecule has 1 rings (SSSR count). The number of carbonyl (C=O) groups excluding carboxylic acids is 2. The van der Waals surface area contributed by atoms with Gasteiger partial charge in [-0.15, -0.1) is 0 Å². The fourth-order valence-corrected chi connectivity index (χ4v) is 1.75. The zero-order chi connectivity index (χ0) is 15.5. The maximum atomic E-state index is 11.9. The Labute approximate surface area is 125 Å². The van der Waals surface area contributed by atoms with Crippen molar-refractivity contribution in [3.63, 3.8) is 0 Å². The summed E-state index contributed by atoms with van der Waals surface area (Å²) in [6.07, 6.45) is 1.12. The Kier molecular flexibility index (Phi) is 8.12. The van der Waals surface area contributed by atoms with Gasteiger partial charge in [0, 0.05) is 25.5 Å². The number of benzene rings is 1. The average Bonchev–Trinajstić information content (AvgIpc) is 2.48. The molecule has 0 aliphatic heterocycles. The second kappa shape index (κ2) is 9.94. The number of Topliss-reactive ketones (excluding diaryl/α,β-unsaturated/α-hetero) is 1. The molecule has 0 saturated carbocycles. The van der Waals surface area contributed by atoms with Gasteiger partial charge in [0.15, 0.2) is 5.78 Å². The number of rotatable bonds is 10. The standard InChI is InChI=1S/C16H22O5/c1-3-20-16(18)6-4-5-15(17)13-7-9-14(10-8-13)21-12-11-19-2/h7-10H,3-6,11-12H2,1-2H3. The highest BCUT2D eigenvalue weighted by molar-refractivity contribution is 5.96. The van der Waals surface area contributed by atoms with Gasteiger partial charge in [-0.3, -0.25) is 9.59 Å². The topological polar surface area (TPSA) is 61.8 Å². The van der Waals surface area contributed by atoms with Crippen LogP contribution in [0.5, 0.6) is 5.75 Å². The Balaban J connectivity index is 2.35. The van der Waals surface area contributed by atoms with Crippen molar-refractivity contribution >= 4 is 11.8 Å². The zero-order valence-corrected chi connectivity index (χ0v) is 12.6. The van der Waals surface area contributed by atoms with Crippen LogP contribution in [0.15, 0.2) is 24.3 Å². The molecule has 0 atom stereocenters. The number of esters is 1. The molecule has 116 valence electrons. The highest BCUT2D eigenvalue weighted by Gasteiger charge is 2.08. The number of hydrogen-bond donors (Lipinski definition) is 0. The van der Waals surface area contributed by atoms with E-state index in [0.717, 1.165) is 0 Å². The minimum Gasteiger partial charge on any atom is -0.491 e. The summed E-state index contributed by atoms with van der Waals surface area (Å²) in [6, 6.07) is 6.98. The first-order valence-electron chi connectivity index (χ1n) is 7.08. The molecule has 5 nitrogen and oxygen atoms in total. The lowest BCUT2D eigenvalue weighted by atomic mass is 10.1. The first kappa shape index (κ1) is 17.2. The third-order valence-corrected chi connectivity index (χ3v) is 2.82. The summed E-state index contributed by atoms with van der Waals surface area (Å²) in [6.45, 7) is 3.13. The number of hydrogen-bond acceptors (Lipinski definition) is 5. The SMILES string of the molecule is CCOC(=O)CCCC(=O)c1ccc(OCCOC)cc1. The predicted molar refractivity (Wildman–Crippen MR) is 78.6 cm³/mol. The van der Waals surface area contributed by atoms with Crippen LogP contribution in [0.3, 0.4) is 0 Å². The van der Waals surface area contributed by atoms with Crippen molar-refractivity contribution in [1.82, 2.24) is 0 Å². The van der Waals surface area contributed by atoms with Crippen LogP contribution >= 0.6 is 0 Å². The van der Waals surface area contributed by atoms with Crippen molar-refractivity contribution in [1.29, 1.82) is 0 Å². The van der Waals surface area contributed by atoms with Crippen molar-refractivity contribution in [2.75, 3.05) is 26.9 Å². The molecule has 1 aromatic carbocycles. The molecule has 0 N–H and O–H groups in total. The third kappa shape index (κ3) is 6.90. The monoisotopic (exact) mass is 294 g/mol. The molecule has 5 heteroatoms. The molecule has 0 aliphatic carbocycles. The number of methoxy groups -OCH3 is 1. The molecule has 0 aromatic heterocycles. The van der Waals surface area contributed by atoms with E-state index in [1.807, 2.05) is 0 Å². The van der Waals surface area contributed by atoms with Gasteiger partial charge in [-0.25, -0.2) is 0 Å². The van der Waals surface area contributed by atoms with Gasteiger partial charge in [0.1, 0.15) is 12.4 Å². The van der Waals surface area contributed by atoms with E-state index >= 15 is 0 Å². The fraction of sp³-hybridized carbons (Fsp3) is 0.500. The summed E-state index contributed by atoms with van der Waals surface area (Å²) < 4.78 is 15.1. The molecule has 0 spiro atoms. The van der Waals surface area contributed by atoms with Crippen molar-refractivity contribution in [2.45, 2.75) is 26.2 Å². The number of carbonyl (C=O) groups is 2. The van der Waals surface area contributed by atoms with Crippen LogP contribution in [0.2, 0.25) is 0 Å². The summed E-state index contributed by atoms with van der Waals surface area (Å²) in [5, 5.41) is 0. The van der Waals surface area contributed by atoms with Gasteiger partial charge in [0.25, 0.3) is 0 Å². The molecular weight excluding hydrogens is 272 g/mol. The predicted octanol–water partition coefficient (Wildman–Crippen LogP) is 2.63. The van der Waals surface area contributed by atoms with Crippen LogP contribution in [-0.4, -0.2) is 38.7 Å². The summed E-state index contributed by atoms with van der Waals surface area (Å²) in [5.74, 6) is 0.463. The second-order valence-electron chi connectivity index (χ2n) is 4.45. The van der Waals surface area contributed by atoms with E-state index in [2.05, 4.69) is 0 Å². The zero-order valence-electron chi connectivity index (χ0n) is 12.6. The van der Waals surface area contributed by atoms with Gasteiger partial charge < -0.3 is 14.2 Å². The van der Waals surface area contributed by atoms with Crippen LogP contribution in [0.1, 0.15) is 36.5 Å². The summed E-state index contributed by atoms with van der Waals surface area (Å²) >= 11 is 0. The van der Waals surface area contributed by atoms with Gasteiger partial charge >= 0.3 is 5.97 Å². The summed E-state index contributed by atoms with van der Waals surface area (Å²) in [5.41, 5.74) is 0.623. The first-order valence-corrected chi connectivity index (χ1v) is 7.08. The summed E-state index contributed by atoms with van der Waals surface area (Å²) in [4.78, 5) is 23.1. The van der Waals surface area contributed by atoms with E-state index in [4.69, 9.17) is 14.2 Å². The Bertz CT molecular complexity index is 438. The molecule has 0 aliphatic rings. The Morgan fingerprint density at radius 1 is 1.05 bits per heavy atom. The lowest BCUT2D eigenvalue weighted by molar-refractivity contribution is -0.143. The molecule has 0 amide bonds. The van der Waals surface area contributed by atoms with Crippen LogP contribution < -0.4 is 4.74 Å². The van der Waals surface area contributed by atoms with Crippen molar-refractivity contribution < 1.29 is 23.8 Å². The lowest BCUT2D eigenvalue weighted by Crippen LogP contribution is -2.06. The minimum absolute atomic E-state index is 0.0164. The van der Waals surface area contributed by atoms with Gasteiger partial charge in [-0.2, -0.15) is 0 Å². The van der Waals surface area contributed by atoms with Crippen LogP contribution in [0.25, 0.3) is 0 Å². The minimum atomic E-state index is -0.257. The molecule has 0 radical (unpaired) electrons. The quantitative estimate of drug-likeness (QED) is 0.377. The molecular formula is C16H22O5. The second-order valence-corrected chi connectivity index (χ2v) is 4.45. The fourth-order valence-electron chi connectivity index (χ4n) is 1.75. The van der Waals surface area contributed by atoms with Gasteiger partial charge in [0.2, 0.25) is 0 Å². The van der Waals surface area contributed by atoms with Crippen LogP contribution in [-0.2, 0) is 14.3 Å². The van der Waals surface area contributed by atoms with E-state index in [1.165, 1.54) is 0 Å². The number of ether oxygens (including phenoxy) is 3. The number of ketones is 1. The van der Waals surface area contributed by atoms with E-state index < -0.39 is 0 Å². The van der Waals surface area contributed by atoms with Crippen molar-refractivity contribution in [3.8, 4) is 5.75 Å². The van der Waals surface area contributed by atoms with Crippen molar-refractivity contribution in [3.05, 3.63) is 29.8 Å². The third-order valence-electron chi connectivity index (χ3n) is 2.82. The van der Waals surface area contributed by atoms with Crippen LogP contribution in [0.4, 0.5) is 0 Å². The van der Waals surface area contributed by atoms with E-state index in [9.17, 15) is 9.59 Å².